The molecule has 0 bridgehead atoms. The molecule has 4 aromatic rings. The Morgan fingerprint density at radius 1 is 0.584 bits per heavy atom. The zero-order valence-corrected chi connectivity index (χ0v) is 54.6. The molecule has 2 aromatic carbocycles. The van der Waals surface area contributed by atoms with Gasteiger partial charge in [-0.25, -0.2) is 40.5 Å². The number of rotatable bonds is 24. The zero-order valence-electron chi connectivity index (χ0n) is 54.6. The number of carbonyl (C=O) groups excluding carboxylic acids is 4. The molecule has 3 aliphatic carbocycles. The van der Waals surface area contributed by atoms with Gasteiger partial charge in [0, 0.05) is 49.9 Å². The molecule has 10 rings (SSSR count). The lowest BCUT2D eigenvalue weighted by atomic mass is 9.80. The highest BCUT2D eigenvalue weighted by Crippen LogP contribution is 2.41. The molecule has 32 nitrogen and oxygen atoms in total. The summed E-state index contributed by atoms with van der Waals surface area (Å²) in [5.74, 6) is -16.5. The maximum atomic E-state index is 14.5. The number of ether oxygens (including phenoxy) is 7. The van der Waals surface area contributed by atoms with Crippen LogP contribution in [-0.4, -0.2) is 259 Å². The molecular weight excluding hydrogens is 1360 g/mol. The van der Waals surface area contributed by atoms with E-state index < -0.39 is 231 Å². The molecule has 14 N–H and O–H groups in total. The number of aromatic nitrogens is 6. The third-order valence-corrected chi connectivity index (χ3v) is 19.4. The first kappa shape index (κ1) is 76.6. The third-order valence-electron chi connectivity index (χ3n) is 19.4. The molecule has 24 atom stereocenters. The first-order valence-electron chi connectivity index (χ1n) is 33.1. The second-order valence-electron chi connectivity index (χ2n) is 26.4. The molecule has 15 unspecified atom stereocenters. The van der Waals surface area contributed by atoms with Crippen molar-refractivity contribution in [1.82, 2.24) is 51.3 Å². The summed E-state index contributed by atoms with van der Waals surface area (Å²) in [7, 11) is 0. The van der Waals surface area contributed by atoms with Crippen molar-refractivity contribution in [2.24, 2.45) is 17.8 Å². The van der Waals surface area contributed by atoms with Gasteiger partial charge in [0.1, 0.15) is 90.6 Å². The Kier molecular flexibility index (Phi) is 25.2. The van der Waals surface area contributed by atoms with Crippen LogP contribution in [0.15, 0.2) is 36.7 Å². The van der Waals surface area contributed by atoms with E-state index in [4.69, 9.17) is 33.2 Å². The minimum absolute atomic E-state index is 0.0318. The number of carboxylic acids is 1. The standard InChI is InChI=1S/C63H82F6N10O22/c1-24-49(84)54(89)55(90)63(95-24)101-56-36(72-25(2)82)16-30(19-41(56)98-61-47(73-26(3)83)57(52(87)44(23-81)99-61)96-42(60(93)94)11-27-7-5-4-6-8-27)58(91)70-9-10-71-59(92)31-17-39(78-20-37(74-76-78)28-12-32(64)45(68)33(65)13-28)50(85)40(18-31)97-62-53(88)48(51(86)43(22-80)100-62)79-21-38(75-77-79)29-14-34(66)46(69)35(67)15-29/h12-15,20-21,24,27,30-31,36,39-44,47-57,61-63,80-81,84-90H,4-11,16-19,22-23H2,1-3H3,(H,70,91)(H,71,92)(H,72,82)(H,73,83)(H,93,94)/t24?,30?,31?,36?,39?,40-,41-,42+,43?,44?,47?,48?,49-,50?,51+,52+,53?,54?,55?,56?,57?,61-,62-,63+/m1/s1. The lowest BCUT2D eigenvalue weighted by molar-refractivity contribution is -0.335. The van der Waals surface area contributed by atoms with Crippen molar-refractivity contribution >= 4 is 29.6 Å². The Morgan fingerprint density at radius 3 is 1.66 bits per heavy atom. The first-order chi connectivity index (χ1) is 48.0. The van der Waals surface area contributed by atoms with Crippen LogP contribution in [0.3, 0.4) is 0 Å². The van der Waals surface area contributed by atoms with Gasteiger partial charge < -0.3 is 105 Å². The summed E-state index contributed by atoms with van der Waals surface area (Å²) in [4.78, 5) is 67.9. The van der Waals surface area contributed by atoms with Crippen molar-refractivity contribution in [2.75, 3.05) is 26.3 Å². The molecule has 3 saturated heterocycles. The van der Waals surface area contributed by atoms with Crippen LogP contribution < -0.4 is 21.3 Å². The predicted octanol–water partition coefficient (Wildman–Crippen LogP) is -1.45. The Balaban J connectivity index is 0.879. The first-order valence-corrected chi connectivity index (χ1v) is 33.1. The highest BCUT2D eigenvalue weighted by Gasteiger charge is 2.55. The van der Waals surface area contributed by atoms with E-state index in [2.05, 4.69) is 41.9 Å². The summed E-state index contributed by atoms with van der Waals surface area (Å²) in [6.45, 7) is 1.15. The van der Waals surface area contributed by atoms with E-state index in [0.717, 1.165) is 54.9 Å². The number of aliphatic carboxylic acids is 1. The number of aliphatic hydroxyl groups is 9. The number of carbonyl (C=O) groups is 5. The van der Waals surface area contributed by atoms with Gasteiger partial charge in [0.25, 0.3) is 0 Å². The van der Waals surface area contributed by atoms with Crippen LogP contribution >= 0.6 is 0 Å². The molecule has 2 aromatic heterocycles. The minimum atomic E-state index is -1.99. The number of hydrogen-bond acceptors (Lipinski definition) is 25. The predicted molar refractivity (Wildman–Crippen MR) is 325 cm³/mol. The van der Waals surface area contributed by atoms with E-state index >= 15 is 0 Å². The summed E-state index contributed by atoms with van der Waals surface area (Å²) in [6, 6.07) is -3.27. The zero-order chi connectivity index (χ0) is 73.0. The van der Waals surface area contributed by atoms with Crippen molar-refractivity contribution in [3.8, 4) is 22.5 Å². The Bertz CT molecular complexity index is 3500. The molecular formula is C63H82F6N10O22. The van der Waals surface area contributed by atoms with E-state index in [1.807, 2.05) is 0 Å². The van der Waals surface area contributed by atoms with Crippen molar-refractivity contribution in [3.63, 3.8) is 0 Å². The van der Waals surface area contributed by atoms with Gasteiger partial charge in [0.2, 0.25) is 23.6 Å². The smallest absolute Gasteiger partial charge is 0.332 e. The quantitative estimate of drug-likeness (QED) is 0.0217. The van der Waals surface area contributed by atoms with Crippen LogP contribution in [0, 0.1) is 52.7 Å². The number of carboxylic acid groups (broad SMARTS) is 1. The lowest BCUT2D eigenvalue weighted by Crippen LogP contribution is -2.68. The van der Waals surface area contributed by atoms with Crippen LogP contribution in [0.1, 0.15) is 97.1 Å². The normalized spacial score (nSPS) is 34.4. The summed E-state index contributed by atoms with van der Waals surface area (Å²) >= 11 is 0. The van der Waals surface area contributed by atoms with Crippen molar-refractivity contribution in [2.45, 2.75) is 220 Å². The van der Waals surface area contributed by atoms with Gasteiger partial charge in [-0.2, -0.15) is 0 Å². The molecule has 101 heavy (non-hydrogen) atoms. The second-order valence-corrected chi connectivity index (χ2v) is 26.4. The van der Waals surface area contributed by atoms with Gasteiger partial charge in [-0.3, -0.25) is 19.2 Å². The second kappa shape index (κ2) is 33.2. The number of aliphatic hydroxyl groups excluding tert-OH is 9. The molecule has 4 amide bonds. The molecule has 558 valence electrons. The Labute approximate surface area is 571 Å². The number of nitrogens with one attached hydrogen (secondary N) is 4. The topological polar surface area (TPSA) is 462 Å². The van der Waals surface area contributed by atoms with Gasteiger partial charge in [0.15, 0.2) is 59.9 Å². The number of nitrogens with zero attached hydrogens (tertiary/aromatic N) is 6. The van der Waals surface area contributed by atoms with Gasteiger partial charge >= 0.3 is 5.97 Å². The minimum Gasteiger partial charge on any atom is -0.479 e. The number of hydrogen-bond donors (Lipinski definition) is 14. The van der Waals surface area contributed by atoms with E-state index in [-0.39, 0.29) is 67.2 Å². The van der Waals surface area contributed by atoms with E-state index in [1.165, 1.54) is 6.92 Å². The number of halogens is 6. The number of benzene rings is 2. The summed E-state index contributed by atoms with van der Waals surface area (Å²) < 4.78 is 130. The average molecular weight is 1450 g/mol. The molecule has 38 heteroatoms. The SMILES string of the molecule is CC(=O)NC1CC(C(=O)NCCNC(=O)C2CC(n3cc(-c4cc(F)c(F)c(F)c4)nn3)C(O)[C@H](O[C@@H]3OC(CO)[C@H](O)C(n4cc(-c5cc(F)c(F)c(F)c5)nn4)C3O)C2)C[C@@H](O[C@@H]2OC(CO)[C@H](O)C(O[C@@H](CC3CCCCC3)C(=O)O)C2NC(C)=O)C1O[C@@H]1OC(C)[C@@H](O)C(O)C1O. The lowest BCUT2D eigenvalue weighted by Gasteiger charge is -2.49. The van der Waals surface area contributed by atoms with Gasteiger partial charge in [-0.1, -0.05) is 42.5 Å². The van der Waals surface area contributed by atoms with Crippen molar-refractivity contribution in [1.29, 1.82) is 0 Å². The van der Waals surface area contributed by atoms with Crippen LogP contribution in [0.5, 0.6) is 0 Å². The Morgan fingerprint density at radius 2 is 1.10 bits per heavy atom. The average Bonchev–Trinajstić information content (AvgIpc) is 1.73. The number of amides is 4. The Hall–Kier alpha value is -6.99. The molecule has 6 fully saturated rings. The molecule has 6 aliphatic rings. The van der Waals surface area contributed by atoms with Crippen LogP contribution in [0.25, 0.3) is 22.5 Å². The summed E-state index contributed by atoms with van der Waals surface area (Å²) in [5, 5.41) is 137. The van der Waals surface area contributed by atoms with Crippen LogP contribution in [0.2, 0.25) is 0 Å². The maximum Gasteiger partial charge on any atom is 0.332 e. The van der Waals surface area contributed by atoms with Gasteiger partial charge in [0.05, 0.1) is 56.0 Å². The van der Waals surface area contributed by atoms with Crippen molar-refractivity contribution in [3.05, 3.63) is 71.6 Å². The molecule has 3 aliphatic heterocycles. The monoisotopic (exact) mass is 1440 g/mol. The molecule has 0 spiro atoms. The van der Waals surface area contributed by atoms with Gasteiger partial charge in [-0.15, -0.1) is 10.2 Å². The molecule has 0 radical (unpaired) electrons. The summed E-state index contributed by atoms with van der Waals surface area (Å²) in [5.41, 5.74) is -1.07. The highest BCUT2D eigenvalue weighted by atomic mass is 19.2. The van der Waals surface area contributed by atoms with Crippen LogP contribution in [-0.2, 0) is 57.1 Å². The highest BCUT2D eigenvalue weighted by molar-refractivity contribution is 5.80. The van der Waals surface area contributed by atoms with E-state index in [9.17, 15) is 101 Å². The largest absolute Gasteiger partial charge is 0.479 e. The van der Waals surface area contributed by atoms with Gasteiger partial charge in [-0.05, 0) is 69.2 Å². The van der Waals surface area contributed by atoms with E-state index in [0.29, 0.717) is 37.1 Å². The molecule has 5 heterocycles. The summed E-state index contributed by atoms with van der Waals surface area (Å²) in [6.07, 6.45) is -25.1. The van der Waals surface area contributed by atoms with Crippen LogP contribution in [0.4, 0.5) is 26.3 Å². The fourth-order valence-corrected chi connectivity index (χ4v) is 14.1. The van der Waals surface area contributed by atoms with Crippen molar-refractivity contribution < 1.29 is 135 Å². The third kappa shape index (κ3) is 17.5. The van der Waals surface area contributed by atoms with E-state index in [1.54, 1.807) is 0 Å². The maximum absolute atomic E-state index is 14.5. The fourth-order valence-electron chi connectivity index (χ4n) is 14.1. The molecule has 3 saturated carbocycles. The fraction of sp³-hybridized carbons (Fsp3) is 0.667.